The van der Waals surface area contributed by atoms with E-state index in [-0.39, 0.29) is 58.9 Å². The molecule has 1 fully saturated rings. The van der Waals surface area contributed by atoms with Crippen LogP contribution in [0.3, 0.4) is 0 Å². The van der Waals surface area contributed by atoms with Crippen molar-refractivity contribution in [3.8, 4) is 11.5 Å². The molecule has 2 amide bonds. The lowest BCUT2D eigenvalue weighted by Gasteiger charge is -2.30. The van der Waals surface area contributed by atoms with Crippen molar-refractivity contribution in [3.05, 3.63) is 42.5 Å². The molecule has 1 saturated heterocycles. The maximum atomic E-state index is 12.7. The minimum absolute atomic E-state index is 0.0222. The molecule has 1 aliphatic rings. The number of benzene rings is 1. The SMILES string of the molecule is COc1ccc(/C=C/C(=O)SCCNC(=O)CCNC(=O)C(O)C(C)(C)COP(=O)(O)OP(=O)(O)OC[C@@H]2O[C@H](n3cnc4c(N)ncnc43)[C@@H](O)[C@H]2OP(=O)(O)O)cc1O. The van der Waals surface area contributed by atoms with Crippen molar-refractivity contribution < 1.29 is 90.3 Å². The van der Waals surface area contributed by atoms with Crippen LogP contribution < -0.4 is 21.1 Å². The first-order chi connectivity index (χ1) is 28.4. The number of nitrogens with zero attached hydrogens (tertiary/aromatic N) is 4. The topological polar surface area (TPSA) is 393 Å². The molecule has 3 aromatic rings. The number of nitrogens with two attached hydrogens (primary N) is 1. The van der Waals surface area contributed by atoms with Crippen LogP contribution in [0, 0.1) is 5.41 Å². The number of hydrogen-bond acceptors (Lipinski definition) is 20. The number of carbonyl (C=O) groups excluding carboxylic acids is 3. The molecule has 61 heavy (non-hydrogen) atoms. The summed E-state index contributed by atoms with van der Waals surface area (Å²) < 4.78 is 67.1. The van der Waals surface area contributed by atoms with Crippen LogP contribution in [0.15, 0.2) is 36.9 Å². The number of aliphatic hydroxyl groups is 2. The number of anilines is 1. The first-order valence-corrected chi connectivity index (χ1v) is 23.0. The second-order valence-electron chi connectivity index (χ2n) is 13.5. The van der Waals surface area contributed by atoms with Crippen molar-refractivity contribution in [1.82, 2.24) is 30.2 Å². The maximum absolute atomic E-state index is 12.7. The Hall–Kier alpha value is -3.88. The maximum Gasteiger partial charge on any atom is 0.481 e. The van der Waals surface area contributed by atoms with E-state index in [9.17, 15) is 63.0 Å². The summed E-state index contributed by atoms with van der Waals surface area (Å²) >= 11 is 0.927. The van der Waals surface area contributed by atoms with Gasteiger partial charge in [0.15, 0.2) is 29.2 Å². The Bertz CT molecular complexity index is 2230. The van der Waals surface area contributed by atoms with Crippen LogP contribution in [0.4, 0.5) is 5.82 Å². The number of phenolic OH excluding ortho intramolecular Hbond substituents is 1. The van der Waals surface area contributed by atoms with Crippen molar-refractivity contribution in [3.63, 3.8) is 0 Å². The Balaban J connectivity index is 1.20. The third-order valence-electron chi connectivity index (χ3n) is 8.36. The number of aromatic hydroxyl groups is 1. The molecule has 0 spiro atoms. The summed E-state index contributed by atoms with van der Waals surface area (Å²) in [4.78, 5) is 87.9. The fraction of sp³-hybridized carbons (Fsp3) is 0.484. The van der Waals surface area contributed by atoms with E-state index in [1.165, 1.54) is 39.2 Å². The number of imidazole rings is 1. The number of fused-ring (bicyclic) bond motifs is 1. The third kappa shape index (κ3) is 14.6. The van der Waals surface area contributed by atoms with Gasteiger partial charge in [-0.25, -0.2) is 28.6 Å². The lowest BCUT2D eigenvalue weighted by molar-refractivity contribution is -0.137. The first-order valence-electron chi connectivity index (χ1n) is 17.5. The van der Waals surface area contributed by atoms with Gasteiger partial charge >= 0.3 is 23.5 Å². The molecule has 0 saturated carbocycles. The van der Waals surface area contributed by atoms with Crippen LogP contribution in [0.2, 0.25) is 0 Å². The highest BCUT2D eigenvalue weighted by molar-refractivity contribution is 8.14. The predicted molar refractivity (Wildman–Crippen MR) is 211 cm³/mol. The van der Waals surface area contributed by atoms with Crippen molar-refractivity contribution in [2.75, 3.05) is 44.9 Å². The summed E-state index contributed by atoms with van der Waals surface area (Å²) in [5.41, 5.74) is 4.79. The van der Waals surface area contributed by atoms with Gasteiger partial charge < -0.3 is 60.7 Å². The second-order valence-corrected chi connectivity index (χ2v) is 18.8. The Kier molecular flexibility index (Phi) is 17.1. The molecular formula is C31H44N7O19P3S. The summed E-state index contributed by atoms with van der Waals surface area (Å²) in [6.45, 7) is 0.292. The van der Waals surface area contributed by atoms with Gasteiger partial charge in [0.1, 0.15) is 36.3 Å². The van der Waals surface area contributed by atoms with E-state index < -0.39 is 84.6 Å². The second kappa shape index (κ2) is 21.0. The molecule has 0 radical (unpaired) electrons. The Morgan fingerprint density at radius 1 is 1.07 bits per heavy atom. The molecule has 0 bridgehead atoms. The molecule has 0 aliphatic carbocycles. The molecule has 26 nitrogen and oxygen atoms in total. The number of hydrogen-bond donors (Lipinski definition) is 10. The Morgan fingerprint density at radius 3 is 2.44 bits per heavy atom. The highest BCUT2D eigenvalue weighted by atomic mass is 32.2. The van der Waals surface area contributed by atoms with Crippen LogP contribution in [0.5, 0.6) is 11.5 Å². The molecule has 4 rings (SSSR count). The number of ether oxygens (including phenoxy) is 2. The van der Waals surface area contributed by atoms with Gasteiger partial charge in [-0.05, 0) is 23.8 Å². The minimum Gasteiger partial charge on any atom is -0.504 e. The van der Waals surface area contributed by atoms with E-state index in [4.69, 9.17) is 24.3 Å². The number of phosphoric ester groups is 3. The molecule has 11 N–H and O–H groups in total. The zero-order valence-electron chi connectivity index (χ0n) is 32.3. The Morgan fingerprint density at radius 2 is 1.77 bits per heavy atom. The number of carbonyl (C=O) groups is 3. The van der Waals surface area contributed by atoms with Crippen LogP contribution >= 0.6 is 35.2 Å². The average Bonchev–Trinajstić information content (AvgIpc) is 3.73. The number of aromatic nitrogens is 4. The lowest BCUT2D eigenvalue weighted by Crippen LogP contribution is -2.46. The highest BCUT2D eigenvalue weighted by Gasteiger charge is 2.50. The van der Waals surface area contributed by atoms with Gasteiger partial charge in [-0.2, -0.15) is 4.31 Å². The molecule has 1 aliphatic heterocycles. The van der Waals surface area contributed by atoms with Crippen molar-refractivity contribution in [2.24, 2.45) is 5.41 Å². The van der Waals surface area contributed by atoms with E-state index in [1.54, 1.807) is 12.1 Å². The van der Waals surface area contributed by atoms with Gasteiger partial charge in [0.05, 0.1) is 26.7 Å². The van der Waals surface area contributed by atoms with Crippen LogP contribution in [-0.4, -0.2) is 135 Å². The van der Waals surface area contributed by atoms with Gasteiger partial charge in [0.2, 0.25) is 16.9 Å². The van der Waals surface area contributed by atoms with E-state index >= 15 is 0 Å². The number of phosphoric acid groups is 3. The first kappa shape index (κ1) is 49.8. The van der Waals surface area contributed by atoms with Gasteiger partial charge in [-0.1, -0.05) is 37.8 Å². The van der Waals surface area contributed by atoms with E-state index in [2.05, 4.69) is 34.4 Å². The smallest absolute Gasteiger partial charge is 0.481 e. The van der Waals surface area contributed by atoms with Crippen molar-refractivity contribution >= 4 is 75.2 Å². The lowest BCUT2D eigenvalue weighted by atomic mass is 9.87. The van der Waals surface area contributed by atoms with E-state index in [0.717, 1.165) is 29.0 Å². The molecule has 30 heteroatoms. The molecule has 1 aromatic carbocycles. The highest BCUT2D eigenvalue weighted by Crippen LogP contribution is 2.61. The average molecular weight is 944 g/mol. The van der Waals surface area contributed by atoms with Crippen LogP contribution in [0.1, 0.15) is 32.1 Å². The number of nitrogens with one attached hydrogen (secondary N) is 2. The summed E-state index contributed by atoms with van der Waals surface area (Å²) in [5.74, 6) is -1.12. The van der Waals surface area contributed by atoms with Gasteiger partial charge in [-0.3, -0.25) is 32.5 Å². The molecule has 3 heterocycles. The summed E-state index contributed by atoms with van der Waals surface area (Å²) in [6.07, 6.45) is -4.25. The monoisotopic (exact) mass is 943 g/mol. The number of methoxy groups -OCH3 is 1. The molecule has 338 valence electrons. The third-order valence-corrected chi connectivity index (χ3v) is 12.3. The normalized spacial score (nSPS) is 20.9. The standard InChI is InChI=1S/C31H44N7O19P3S/c1-31(2,26(43)29(44)34-9-8-21(40)33-10-11-61-22(41)7-5-17-4-6-19(52-3)18(39)12-17)14-54-60(50,51)57-59(48,49)53-13-20-25(56-58(45,46)47)24(42)30(55-20)38-16-37-23-27(32)35-15-36-28(23)38/h4-7,12,15-16,20,24-26,30,39,42-43H,8-11,13-14H2,1-3H3,(H,33,40)(H,34,44)(H,48,49)(H,50,51)(H2,32,35,36)(H2,45,46,47)/b7-5+/t20-,24-,25-,26?,30-/m0/s1. The molecular weight excluding hydrogens is 899 g/mol. The number of aliphatic hydroxyl groups excluding tert-OH is 2. The Labute approximate surface area is 350 Å². The predicted octanol–water partition coefficient (Wildman–Crippen LogP) is 0.0923. The summed E-state index contributed by atoms with van der Waals surface area (Å²) in [7, 11) is -15.0. The quantitative estimate of drug-likeness (QED) is 0.0362. The number of phenols is 1. The number of amides is 2. The molecule has 3 unspecified atom stereocenters. The van der Waals surface area contributed by atoms with Gasteiger partial charge in [-0.15, -0.1) is 0 Å². The fourth-order valence-electron chi connectivity index (χ4n) is 5.30. The number of rotatable bonds is 22. The number of nitrogen functional groups attached to an aromatic ring is 1. The molecule has 7 atom stereocenters. The largest absolute Gasteiger partial charge is 0.504 e. The summed E-state index contributed by atoms with van der Waals surface area (Å²) in [5, 5.41) is 35.9. The zero-order chi connectivity index (χ0) is 45.3. The van der Waals surface area contributed by atoms with Gasteiger partial charge in [0, 0.05) is 30.7 Å². The van der Waals surface area contributed by atoms with Crippen LogP contribution in [-0.2, 0) is 50.7 Å². The minimum atomic E-state index is -5.59. The van der Waals surface area contributed by atoms with E-state index in [0.29, 0.717) is 5.56 Å². The van der Waals surface area contributed by atoms with Gasteiger partial charge in [0.25, 0.3) is 0 Å². The molecule has 2 aromatic heterocycles. The summed E-state index contributed by atoms with van der Waals surface area (Å²) in [6, 6.07) is 4.61. The van der Waals surface area contributed by atoms with E-state index in [1.807, 2.05) is 0 Å². The fourth-order valence-corrected chi connectivity index (χ4v) is 8.70. The number of thioether (sulfide) groups is 1. The zero-order valence-corrected chi connectivity index (χ0v) is 35.8. The van der Waals surface area contributed by atoms with Crippen LogP contribution in [0.25, 0.3) is 17.2 Å². The van der Waals surface area contributed by atoms with Crippen molar-refractivity contribution in [2.45, 2.75) is 50.9 Å². The van der Waals surface area contributed by atoms with Crippen molar-refractivity contribution in [1.29, 1.82) is 0 Å².